The number of rotatable bonds is 6. The third kappa shape index (κ3) is 4.32. The molecule has 5 heteroatoms. The van der Waals surface area contributed by atoms with E-state index in [9.17, 15) is 4.79 Å². The number of carbonyl (C=O) groups is 1. The molecule has 2 aromatic carbocycles. The van der Waals surface area contributed by atoms with Gasteiger partial charge in [-0.15, -0.1) is 5.10 Å². The molecule has 0 radical (unpaired) electrons. The number of hydrogen-bond donors (Lipinski definition) is 1. The highest BCUT2D eigenvalue weighted by Gasteiger charge is 2.20. The highest BCUT2D eigenvalue weighted by atomic mass is 16.2. The summed E-state index contributed by atoms with van der Waals surface area (Å²) in [5, 5.41) is 11.2. The van der Waals surface area contributed by atoms with Crippen molar-refractivity contribution in [1.29, 1.82) is 0 Å². The molecule has 1 unspecified atom stereocenters. The summed E-state index contributed by atoms with van der Waals surface area (Å²) in [6.45, 7) is 4.77. The highest BCUT2D eigenvalue weighted by molar-refractivity contribution is 5.92. The molecule has 0 saturated carbocycles. The van der Waals surface area contributed by atoms with E-state index in [1.165, 1.54) is 0 Å². The Balaban J connectivity index is 1.70. The van der Waals surface area contributed by atoms with E-state index in [4.69, 9.17) is 0 Å². The number of carbonyl (C=O) groups excluding carboxylic acids is 1. The second kappa shape index (κ2) is 7.75. The van der Waals surface area contributed by atoms with E-state index in [1.54, 1.807) is 10.9 Å². The normalized spacial score (nSPS) is 12.1. The molecule has 1 N–H and O–H groups in total. The zero-order chi connectivity index (χ0) is 17.6. The van der Waals surface area contributed by atoms with Crippen molar-refractivity contribution in [2.24, 2.45) is 5.92 Å². The maximum absolute atomic E-state index is 12.6. The lowest BCUT2D eigenvalue weighted by Crippen LogP contribution is -2.32. The van der Waals surface area contributed by atoms with Crippen LogP contribution in [0.3, 0.4) is 0 Å². The van der Waals surface area contributed by atoms with Crippen molar-refractivity contribution in [3.63, 3.8) is 0 Å². The maximum Gasteiger partial charge on any atom is 0.273 e. The second-order valence-corrected chi connectivity index (χ2v) is 6.39. The fourth-order valence-corrected chi connectivity index (χ4v) is 2.76. The number of aromatic nitrogens is 3. The van der Waals surface area contributed by atoms with Gasteiger partial charge in [-0.3, -0.25) is 4.79 Å². The molecule has 25 heavy (non-hydrogen) atoms. The summed E-state index contributed by atoms with van der Waals surface area (Å²) in [4.78, 5) is 12.6. The van der Waals surface area contributed by atoms with Crippen LogP contribution in [-0.4, -0.2) is 20.9 Å². The largest absolute Gasteiger partial charge is 0.344 e. The van der Waals surface area contributed by atoms with Crippen LogP contribution in [0.15, 0.2) is 66.9 Å². The van der Waals surface area contributed by atoms with Crippen LogP contribution >= 0.6 is 0 Å². The molecule has 0 bridgehead atoms. The number of nitrogens with one attached hydrogen (secondary N) is 1. The molecule has 0 aliphatic heterocycles. The second-order valence-electron chi connectivity index (χ2n) is 6.39. The van der Waals surface area contributed by atoms with Crippen molar-refractivity contribution >= 4 is 5.91 Å². The minimum Gasteiger partial charge on any atom is -0.344 e. The average Bonchev–Trinajstić information content (AvgIpc) is 3.09. The Hall–Kier alpha value is -2.95. The van der Waals surface area contributed by atoms with Crippen molar-refractivity contribution in [2.75, 3.05) is 0 Å². The van der Waals surface area contributed by atoms with E-state index in [0.29, 0.717) is 12.2 Å². The van der Waals surface area contributed by atoms with Gasteiger partial charge in [0.15, 0.2) is 5.69 Å². The van der Waals surface area contributed by atoms with Crippen LogP contribution in [0, 0.1) is 5.92 Å². The number of hydrogen-bond acceptors (Lipinski definition) is 3. The molecule has 0 aliphatic carbocycles. The molecule has 5 nitrogen and oxygen atoms in total. The fraction of sp³-hybridized carbons (Fsp3) is 0.250. The van der Waals surface area contributed by atoms with E-state index in [-0.39, 0.29) is 17.9 Å². The summed E-state index contributed by atoms with van der Waals surface area (Å²) in [7, 11) is 0. The highest BCUT2D eigenvalue weighted by Crippen LogP contribution is 2.21. The third-order valence-corrected chi connectivity index (χ3v) is 4.07. The van der Waals surface area contributed by atoms with Crippen LogP contribution < -0.4 is 5.32 Å². The molecular formula is C20H22N4O. The molecule has 1 atom stereocenters. The predicted molar refractivity (Wildman–Crippen MR) is 97.1 cm³/mol. The zero-order valence-electron chi connectivity index (χ0n) is 14.5. The number of amides is 1. The minimum absolute atomic E-state index is 0.0621. The topological polar surface area (TPSA) is 59.8 Å². The van der Waals surface area contributed by atoms with Gasteiger partial charge in [0, 0.05) is 0 Å². The van der Waals surface area contributed by atoms with Gasteiger partial charge in [-0.05, 0) is 17.0 Å². The Kier molecular flexibility index (Phi) is 5.23. The lowest BCUT2D eigenvalue weighted by molar-refractivity contribution is 0.0920. The van der Waals surface area contributed by atoms with Gasteiger partial charge in [0.05, 0.1) is 18.8 Å². The van der Waals surface area contributed by atoms with E-state index < -0.39 is 0 Å². The Labute approximate surface area is 147 Å². The van der Waals surface area contributed by atoms with Gasteiger partial charge in [0.2, 0.25) is 0 Å². The maximum atomic E-state index is 12.6. The molecule has 0 aliphatic rings. The lowest BCUT2D eigenvalue weighted by Gasteiger charge is -2.22. The summed E-state index contributed by atoms with van der Waals surface area (Å²) in [6, 6.07) is 19.9. The van der Waals surface area contributed by atoms with E-state index >= 15 is 0 Å². The summed E-state index contributed by atoms with van der Waals surface area (Å²) in [5.74, 6) is 0.0626. The monoisotopic (exact) mass is 334 g/mol. The zero-order valence-corrected chi connectivity index (χ0v) is 14.5. The standard InChI is InChI=1S/C20H22N4O/c1-15(2)19(17-11-7-4-8-12-17)21-20(25)18-14-24(23-22-18)13-16-9-5-3-6-10-16/h3-12,14-15,19H,13H2,1-2H3,(H,21,25). The first-order chi connectivity index (χ1) is 12.1. The Bertz CT molecular complexity index is 812. The van der Waals surface area contributed by atoms with Gasteiger partial charge < -0.3 is 5.32 Å². The predicted octanol–water partition coefficient (Wildman–Crippen LogP) is 3.45. The first-order valence-corrected chi connectivity index (χ1v) is 8.43. The average molecular weight is 334 g/mol. The SMILES string of the molecule is CC(C)C(NC(=O)c1cn(Cc2ccccc2)nn1)c1ccccc1. The van der Waals surface area contributed by atoms with Gasteiger partial charge in [0.25, 0.3) is 5.91 Å². The molecule has 3 rings (SSSR count). The Morgan fingerprint density at radius 3 is 2.32 bits per heavy atom. The van der Waals surface area contributed by atoms with Gasteiger partial charge in [-0.25, -0.2) is 4.68 Å². The van der Waals surface area contributed by atoms with Crippen LogP contribution in [0.25, 0.3) is 0 Å². The van der Waals surface area contributed by atoms with E-state index in [2.05, 4.69) is 29.5 Å². The smallest absolute Gasteiger partial charge is 0.273 e. The summed E-state index contributed by atoms with van der Waals surface area (Å²) in [6.07, 6.45) is 1.69. The third-order valence-electron chi connectivity index (χ3n) is 4.07. The van der Waals surface area contributed by atoms with Crippen molar-refractivity contribution in [1.82, 2.24) is 20.3 Å². The van der Waals surface area contributed by atoms with Crippen molar-refractivity contribution in [3.8, 4) is 0 Å². The van der Waals surface area contributed by atoms with E-state index in [1.807, 2.05) is 60.7 Å². The van der Waals surface area contributed by atoms with Gasteiger partial charge in [-0.2, -0.15) is 0 Å². The van der Waals surface area contributed by atoms with Gasteiger partial charge in [-0.1, -0.05) is 79.7 Å². The molecule has 0 saturated heterocycles. The first-order valence-electron chi connectivity index (χ1n) is 8.43. The van der Waals surface area contributed by atoms with Crippen LogP contribution in [0.1, 0.15) is 41.5 Å². The molecule has 0 spiro atoms. The van der Waals surface area contributed by atoms with Crippen LogP contribution in [-0.2, 0) is 6.54 Å². The molecule has 0 fully saturated rings. The van der Waals surface area contributed by atoms with E-state index in [0.717, 1.165) is 11.1 Å². The summed E-state index contributed by atoms with van der Waals surface area (Å²) < 4.78 is 1.68. The molecular weight excluding hydrogens is 312 g/mol. The van der Waals surface area contributed by atoms with Gasteiger partial charge >= 0.3 is 0 Å². The molecule has 128 valence electrons. The van der Waals surface area contributed by atoms with Crippen molar-refractivity contribution < 1.29 is 4.79 Å². The van der Waals surface area contributed by atoms with Gasteiger partial charge in [0.1, 0.15) is 0 Å². The number of benzene rings is 2. The lowest BCUT2D eigenvalue weighted by atomic mass is 9.96. The molecule has 1 aromatic heterocycles. The first kappa shape index (κ1) is 16.9. The Morgan fingerprint density at radius 2 is 1.68 bits per heavy atom. The quantitative estimate of drug-likeness (QED) is 0.751. The van der Waals surface area contributed by atoms with Crippen LogP contribution in [0.5, 0.6) is 0 Å². The molecule has 1 amide bonds. The van der Waals surface area contributed by atoms with Crippen molar-refractivity contribution in [2.45, 2.75) is 26.4 Å². The van der Waals surface area contributed by atoms with Crippen molar-refractivity contribution in [3.05, 3.63) is 83.7 Å². The number of nitrogens with zero attached hydrogens (tertiary/aromatic N) is 3. The fourth-order valence-electron chi connectivity index (χ4n) is 2.76. The summed E-state index contributed by atoms with van der Waals surface area (Å²) >= 11 is 0. The minimum atomic E-state index is -0.207. The molecule has 3 aromatic rings. The van der Waals surface area contributed by atoms with Crippen LogP contribution in [0.4, 0.5) is 0 Å². The summed E-state index contributed by atoms with van der Waals surface area (Å²) in [5.41, 5.74) is 2.53. The van der Waals surface area contributed by atoms with Crippen LogP contribution in [0.2, 0.25) is 0 Å². The Morgan fingerprint density at radius 1 is 1.04 bits per heavy atom. The molecule has 1 heterocycles.